The molecule has 0 heterocycles. The summed E-state index contributed by atoms with van der Waals surface area (Å²) in [5, 5.41) is 0. The molecule has 0 bridgehead atoms. The van der Waals surface area contributed by atoms with Gasteiger partial charge in [0.15, 0.2) is 0 Å². The highest BCUT2D eigenvalue weighted by Crippen LogP contribution is 2.31. The zero-order valence-corrected chi connectivity index (χ0v) is 13.6. The van der Waals surface area contributed by atoms with Gasteiger partial charge in [-0.05, 0) is 72.3 Å². The molecule has 2 aromatic carbocycles. The minimum Gasteiger partial charge on any atom is -0.103 e. The van der Waals surface area contributed by atoms with Crippen molar-refractivity contribution in [2.75, 3.05) is 0 Å². The number of benzene rings is 2. The van der Waals surface area contributed by atoms with Crippen molar-refractivity contribution in [3.05, 3.63) is 71.8 Å². The average molecular weight is 290 g/mol. The lowest BCUT2D eigenvalue weighted by Gasteiger charge is -2.25. The number of aryl methyl sites for hydroxylation is 2. The Labute approximate surface area is 134 Å². The Balaban J connectivity index is 1.78. The highest BCUT2D eigenvalue weighted by atomic mass is 14.2. The lowest BCUT2D eigenvalue weighted by molar-refractivity contribution is 0.431. The first-order valence-corrected chi connectivity index (χ1v) is 8.62. The quantitative estimate of drug-likeness (QED) is 0.593. The first-order valence-electron chi connectivity index (χ1n) is 8.62. The van der Waals surface area contributed by atoms with Gasteiger partial charge in [0.25, 0.3) is 0 Å². The van der Waals surface area contributed by atoms with Crippen molar-refractivity contribution in [3.63, 3.8) is 0 Å². The van der Waals surface area contributed by atoms with Gasteiger partial charge in [-0.3, -0.25) is 0 Å². The van der Waals surface area contributed by atoms with E-state index in [9.17, 15) is 0 Å². The van der Waals surface area contributed by atoms with Crippen LogP contribution in [0.5, 0.6) is 0 Å². The summed E-state index contributed by atoms with van der Waals surface area (Å²) in [5.41, 5.74) is 7.24. The molecule has 2 aromatic rings. The molecule has 0 radical (unpaired) electrons. The van der Waals surface area contributed by atoms with E-state index in [1.165, 1.54) is 42.4 Å². The molecular weight excluding hydrogens is 264 g/mol. The van der Waals surface area contributed by atoms with E-state index in [0.29, 0.717) is 0 Å². The normalized spacial score (nSPS) is 17.0. The van der Waals surface area contributed by atoms with E-state index in [1.54, 1.807) is 11.1 Å². The van der Waals surface area contributed by atoms with Crippen LogP contribution in [0.3, 0.4) is 0 Å². The van der Waals surface area contributed by atoms with Crippen LogP contribution >= 0.6 is 0 Å². The van der Waals surface area contributed by atoms with Crippen molar-refractivity contribution in [1.29, 1.82) is 0 Å². The van der Waals surface area contributed by atoms with E-state index < -0.39 is 0 Å². The molecule has 114 valence electrons. The molecule has 1 unspecified atom stereocenters. The van der Waals surface area contributed by atoms with Gasteiger partial charge >= 0.3 is 0 Å². The molecule has 0 saturated heterocycles. The lowest BCUT2D eigenvalue weighted by atomic mass is 9.80. The first kappa shape index (κ1) is 15.1. The summed E-state index contributed by atoms with van der Waals surface area (Å²) < 4.78 is 0. The highest BCUT2D eigenvalue weighted by Gasteiger charge is 2.18. The number of fused-ring (bicyclic) bond motifs is 1. The number of allylic oxidation sites excluding steroid dienone is 1. The van der Waals surface area contributed by atoms with Crippen molar-refractivity contribution >= 4 is 0 Å². The summed E-state index contributed by atoms with van der Waals surface area (Å²) >= 11 is 0. The van der Waals surface area contributed by atoms with Crippen LogP contribution in [0.4, 0.5) is 0 Å². The molecule has 0 N–H and O–H groups in total. The second-order valence-corrected chi connectivity index (χ2v) is 6.51. The average Bonchev–Trinajstić information content (AvgIpc) is 2.59. The predicted molar refractivity (Wildman–Crippen MR) is 96.2 cm³/mol. The Bertz CT molecular complexity index is 634. The van der Waals surface area contributed by atoms with E-state index >= 15 is 0 Å². The fraction of sp³-hybridized carbons (Fsp3) is 0.364. The summed E-state index contributed by atoms with van der Waals surface area (Å²) in [5.74, 6) is 0.847. The number of hydrogen-bond donors (Lipinski definition) is 0. The van der Waals surface area contributed by atoms with Crippen molar-refractivity contribution in [1.82, 2.24) is 0 Å². The van der Waals surface area contributed by atoms with Crippen LogP contribution in [0.25, 0.3) is 11.1 Å². The third kappa shape index (κ3) is 3.32. The van der Waals surface area contributed by atoms with E-state index in [1.807, 2.05) is 0 Å². The minimum absolute atomic E-state index is 0.847. The molecule has 0 amide bonds. The smallest absolute Gasteiger partial charge is 0.0181 e. The van der Waals surface area contributed by atoms with Gasteiger partial charge in [0, 0.05) is 0 Å². The molecule has 1 aliphatic carbocycles. The van der Waals surface area contributed by atoms with Gasteiger partial charge in [0.1, 0.15) is 0 Å². The van der Waals surface area contributed by atoms with Crippen molar-refractivity contribution in [2.45, 2.75) is 45.4 Å². The van der Waals surface area contributed by atoms with Gasteiger partial charge in [-0.2, -0.15) is 0 Å². The largest absolute Gasteiger partial charge is 0.103 e. The van der Waals surface area contributed by atoms with Gasteiger partial charge in [0.05, 0.1) is 0 Å². The molecule has 0 heteroatoms. The Hall–Kier alpha value is -1.82. The van der Waals surface area contributed by atoms with Crippen LogP contribution in [-0.2, 0) is 19.3 Å². The van der Waals surface area contributed by atoms with Gasteiger partial charge < -0.3 is 0 Å². The molecule has 3 rings (SSSR count). The van der Waals surface area contributed by atoms with Crippen LogP contribution in [0.1, 0.15) is 42.9 Å². The van der Waals surface area contributed by atoms with Crippen LogP contribution in [0.2, 0.25) is 0 Å². The monoisotopic (exact) mass is 290 g/mol. The van der Waals surface area contributed by atoms with Crippen LogP contribution in [-0.4, -0.2) is 0 Å². The molecule has 1 atom stereocenters. The van der Waals surface area contributed by atoms with Crippen molar-refractivity contribution in [3.8, 4) is 11.1 Å². The highest BCUT2D eigenvalue weighted by molar-refractivity contribution is 5.65. The molecule has 0 fully saturated rings. The standard InChI is InChI=1S/C22H26/c1-3-5-6-18-9-12-22-16-21(14-13-20(22)15-18)19-10-7-17(4-2)8-11-19/h3,7-8,10-11,13-14,16,18H,1,4-6,9,12,15H2,2H3. The maximum absolute atomic E-state index is 3.85. The lowest BCUT2D eigenvalue weighted by Crippen LogP contribution is -2.14. The van der Waals surface area contributed by atoms with E-state index in [-0.39, 0.29) is 0 Å². The maximum Gasteiger partial charge on any atom is -0.0181 e. The Morgan fingerprint density at radius 1 is 1.05 bits per heavy atom. The zero-order valence-electron chi connectivity index (χ0n) is 13.6. The third-order valence-electron chi connectivity index (χ3n) is 5.01. The van der Waals surface area contributed by atoms with Gasteiger partial charge in [-0.15, -0.1) is 6.58 Å². The van der Waals surface area contributed by atoms with E-state index in [4.69, 9.17) is 0 Å². The molecule has 0 aromatic heterocycles. The topological polar surface area (TPSA) is 0 Å². The number of hydrogen-bond acceptors (Lipinski definition) is 0. The Morgan fingerprint density at radius 2 is 1.82 bits per heavy atom. The van der Waals surface area contributed by atoms with Gasteiger partial charge in [-0.25, -0.2) is 0 Å². The maximum atomic E-state index is 3.85. The number of rotatable bonds is 5. The molecule has 1 aliphatic rings. The molecule has 0 aliphatic heterocycles. The summed E-state index contributed by atoms with van der Waals surface area (Å²) in [7, 11) is 0. The molecular formula is C22H26. The Morgan fingerprint density at radius 3 is 2.55 bits per heavy atom. The van der Waals surface area contributed by atoms with Crippen molar-refractivity contribution < 1.29 is 0 Å². The van der Waals surface area contributed by atoms with Crippen LogP contribution in [0.15, 0.2) is 55.1 Å². The Kier molecular flexibility index (Phi) is 4.77. The van der Waals surface area contributed by atoms with Crippen LogP contribution in [0, 0.1) is 5.92 Å². The molecule has 0 saturated carbocycles. The zero-order chi connectivity index (χ0) is 15.4. The first-order chi connectivity index (χ1) is 10.8. The fourth-order valence-electron chi connectivity index (χ4n) is 3.54. The van der Waals surface area contributed by atoms with Gasteiger partial charge in [-0.1, -0.05) is 55.5 Å². The SMILES string of the molecule is C=CCCC1CCc2cc(-c3ccc(CC)cc3)ccc2C1. The second-order valence-electron chi connectivity index (χ2n) is 6.51. The summed E-state index contributed by atoms with van der Waals surface area (Å²) in [6, 6.07) is 16.1. The fourth-order valence-corrected chi connectivity index (χ4v) is 3.54. The second kappa shape index (κ2) is 6.96. The summed E-state index contributed by atoms with van der Waals surface area (Å²) in [4.78, 5) is 0. The minimum atomic E-state index is 0.847. The molecule has 0 nitrogen and oxygen atoms in total. The molecule has 22 heavy (non-hydrogen) atoms. The van der Waals surface area contributed by atoms with Crippen LogP contribution < -0.4 is 0 Å². The summed E-state index contributed by atoms with van der Waals surface area (Å²) in [6.07, 6.45) is 9.43. The third-order valence-corrected chi connectivity index (χ3v) is 5.01. The van der Waals surface area contributed by atoms with E-state index in [2.05, 4.69) is 62.0 Å². The van der Waals surface area contributed by atoms with Gasteiger partial charge in [0.2, 0.25) is 0 Å². The molecule has 0 spiro atoms. The predicted octanol–water partition coefficient (Wildman–Crippen LogP) is 5.99. The summed E-state index contributed by atoms with van der Waals surface area (Å²) in [6.45, 7) is 6.05. The van der Waals surface area contributed by atoms with E-state index in [0.717, 1.165) is 18.8 Å². The van der Waals surface area contributed by atoms with Crippen molar-refractivity contribution in [2.24, 2.45) is 5.92 Å².